The monoisotopic (exact) mass is 623 g/mol. The maximum absolute atomic E-state index is 14.1. The summed E-state index contributed by atoms with van der Waals surface area (Å²) in [5.74, 6) is -0.959. The van der Waals surface area contributed by atoms with E-state index in [1.165, 1.54) is 4.90 Å². The van der Waals surface area contributed by atoms with E-state index in [-0.39, 0.29) is 19.6 Å². The number of carbonyl (C=O) groups excluding carboxylic acids is 2. The average Bonchev–Trinajstić information content (AvgIpc) is 2.97. The fourth-order valence-corrected chi connectivity index (χ4v) is 5.68. The molecule has 4 aromatic carbocycles. The molecule has 42 heavy (non-hydrogen) atoms. The normalized spacial score (nSPS) is 12.1. The van der Waals surface area contributed by atoms with E-state index in [4.69, 9.17) is 23.2 Å². The molecule has 10 heteroatoms. The van der Waals surface area contributed by atoms with Gasteiger partial charge in [0.15, 0.2) is 0 Å². The lowest BCUT2D eigenvalue weighted by molar-refractivity contribution is -0.141. The van der Waals surface area contributed by atoms with Crippen LogP contribution in [0, 0.1) is 0 Å². The van der Waals surface area contributed by atoms with Gasteiger partial charge >= 0.3 is 0 Å². The molecule has 218 valence electrons. The fraction of sp³-hybridized carbons (Fsp3) is 0.188. The van der Waals surface area contributed by atoms with E-state index >= 15 is 0 Å². The van der Waals surface area contributed by atoms with Gasteiger partial charge in [-0.25, -0.2) is 8.42 Å². The first-order valence-electron chi connectivity index (χ1n) is 13.2. The third-order valence-corrected chi connectivity index (χ3v) is 8.43. The molecule has 0 unspecified atom stereocenters. The standard InChI is InChI=1S/C32H31Cl2N3O4S/c1-42(40,41)36(21-24-11-5-2-6-12-24)23-30(38)37(22-25-13-7-3-8-14-25)31(26-15-9-4-10-16-26)32(39)35-20-27-17-18-28(33)19-29(27)34/h2-19,31H,20-23H2,1H3,(H,35,39)/t31-/m0/s1. The number of nitrogens with one attached hydrogen (secondary N) is 1. The van der Waals surface area contributed by atoms with Crippen LogP contribution in [0.3, 0.4) is 0 Å². The number of sulfonamides is 1. The van der Waals surface area contributed by atoms with Crippen LogP contribution in [0.25, 0.3) is 0 Å². The number of carbonyl (C=O) groups is 2. The Kier molecular flexibility index (Phi) is 10.8. The second-order valence-corrected chi connectivity index (χ2v) is 12.6. The Morgan fingerprint density at radius 1 is 0.786 bits per heavy atom. The van der Waals surface area contributed by atoms with Gasteiger partial charge in [0.1, 0.15) is 6.04 Å². The lowest BCUT2D eigenvalue weighted by atomic mass is 10.0. The highest BCUT2D eigenvalue weighted by Gasteiger charge is 2.33. The molecule has 0 saturated carbocycles. The largest absolute Gasteiger partial charge is 0.350 e. The predicted molar refractivity (Wildman–Crippen MR) is 166 cm³/mol. The molecule has 1 atom stereocenters. The average molecular weight is 625 g/mol. The summed E-state index contributed by atoms with van der Waals surface area (Å²) in [6.07, 6.45) is 1.07. The summed E-state index contributed by atoms with van der Waals surface area (Å²) in [5.41, 5.74) is 2.76. The number of halogens is 2. The topological polar surface area (TPSA) is 86.8 Å². The Balaban J connectivity index is 1.69. The van der Waals surface area contributed by atoms with E-state index in [9.17, 15) is 18.0 Å². The van der Waals surface area contributed by atoms with Gasteiger partial charge in [-0.1, -0.05) is 120 Å². The van der Waals surface area contributed by atoms with Gasteiger partial charge in [-0.3, -0.25) is 9.59 Å². The summed E-state index contributed by atoms with van der Waals surface area (Å²) < 4.78 is 26.7. The van der Waals surface area contributed by atoms with Crippen LogP contribution in [-0.4, -0.2) is 42.2 Å². The molecular weight excluding hydrogens is 593 g/mol. The molecule has 0 fully saturated rings. The second-order valence-electron chi connectivity index (χ2n) is 9.79. The van der Waals surface area contributed by atoms with E-state index in [1.807, 2.05) is 54.6 Å². The minimum absolute atomic E-state index is 0.0157. The van der Waals surface area contributed by atoms with Crippen molar-refractivity contribution in [2.75, 3.05) is 12.8 Å². The van der Waals surface area contributed by atoms with Crippen LogP contribution < -0.4 is 5.32 Å². The van der Waals surface area contributed by atoms with Crippen LogP contribution >= 0.6 is 23.2 Å². The third kappa shape index (κ3) is 8.66. The molecule has 0 aliphatic heterocycles. The zero-order chi connectivity index (χ0) is 30.1. The van der Waals surface area contributed by atoms with Crippen molar-refractivity contribution in [2.24, 2.45) is 0 Å². The van der Waals surface area contributed by atoms with Gasteiger partial charge in [-0.05, 0) is 34.4 Å². The summed E-state index contributed by atoms with van der Waals surface area (Å²) in [7, 11) is -3.77. The maximum Gasteiger partial charge on any atom is 0.247 e. The highest BCUT2D eigenvalue weighted by Crippen LogP contribution is 2.26. The molecule has 0 aromatic heterocycles. The first-order valence-corrected chi connectivity index (χ1v) is 15.8. The van der Waals surface area contributed by atoms with Crippen LogP contribution in [-0.2, 0) is 39.2 Å². The van der Waals surface area contributed by atoms with Crippen molar-refractivity contribution in [1.82, 2.24) is 14.5 Å². The summed E-state index contributed by atoms with van der Waals surface area (Å²) in [6, 6.07) is 31.2. The van der Waals surface area contributed by atoms with Crippen LogP contribution in [0.15, 0.2) is 109 Å². The van der Waals surface area contributed by atoms with E-state index in [1.54, 1.807) is 54.6 Å². The lowest BCUT2D eigenvalue weighted by Crippen LogP contribution is -2.47. The smallest absolute Gasteiger partial charge is 0.247 e. The molecule has 0 heterocycles. The first kappa shape index (κ1) is 31.3. The van der Waals surface area contributed by atoms with Gasteiger partial charge in [0.2, 0.25) is 21.8 Å². The van der Waals surface area contributed by atoms with Crippen molar-refractivity contribution < 1.29 is 18.0 Å². The summed E-state index contributed by atoms with van der Waals surface area (Å²) >= 11 is 12.4. The predicted octanol–water partition coefficient (Wildman–Crippen LogP) is 5.84. The van der Waals surface area contributed by atoms with Crippen LogP contribution in [0.1, 0.15) is 28.3 Å². The molecule has 0 aliphatic carbocycles. The van der Waals surface area contributed by atoms with Gasteiger partial charge in [0.25, 0.3) is 0 Å². The Morgan fingerprint density at radius 2 is 1.33 bits per heavy atom. The van der Waals surface area contributed by atoms with Crippen molar-refractivity contribution in [1.29, 1.82) is 0 Å². The zero-order valence-electron chi connectivity index (χ0n) is 23.0. The molecule has 0 spiro atoms. The molecule has 0 aliphatic rings. The summed E-state index contributed by atoms with van der Waals surface area (Å²) in [4.78, 5) is 29.4. The number of hydrogen-bond donors (Lipinski definition) is 1. The third-order valence-electron chi connectivity index (χ3n) is 6.64. The lowest BCUT2D eigenvalue weighted by Gasteiger charge is -2.33. The van der Waals surface area contributed by atoms with E-state index in [0.29, 0.717) is 21.2 Å². The Morgan fingerprint density at radius 3 is 1.88 bits per heavy atom. The molecule has 2 amide bonds. The van der Waals surface area contributed by atoms with Crippen LogP contribution in [0.4, 0.5) is 0 Å². The molecule has 4 rings (SSSR count). The Bertz CT molecular complexity index is 1610. The van der Waals surface area contributed by atoms with Gasteiger partial charge in [-0.2, -0.15) is 4.31 Å². The molecule has 7 nitrogen and oxygen atoms in total. The number of nitrogens with zero attached hydrogens (tertiary/aromatic N) is 2. The van der Waals surface area contributed by atoms with Crippen molar-refractivity contribution >= 4 is 45.0 Å². The Labute approximate surface area is 256 Å². The van der Waals surface area contributed by atoms with E-state index in [0.717, 1.165) is 21.7 Å². The van der Waals surface area contributed by atoms with E-state index < -0.39 is 34.4 Å². The number of hydrogen-bond acceptors (Lipinski definition) is 4. The minimum Gasteiger partial charge on any atom is -0.350 e. The first-order chi connectivity index (χ1) is 20.1. The van der Waals surface area contributed by atoms with Crippen molar-refractivity contribution in [2.45, 2.75) is 25.7 Å². The molecular formula is C32H31Cl2N3O4S. The highest BCUT2D eigenvalue weighted by molar-refractivity contribution is 7.88. The van der Waals surface area contributed by atoms with Crippen molar-refractivity contribution in [3.63, 3.8) is 0 Å². The maximum atomic E-state index is 14.1. The summed E-state index contributed by atoms with van der Waals surface area (Å²) in [6.45, 7) is -0.242. The molecule has 0 radical (unpaired) electrons. The second kappa shape index (κ2) is 14.5. The van der Waals surface area contributed by atoms with Crippen LogP contribution in [0.5, 0.6) is 0 Å². The van der Waals surface area contributed by atoms with Crippen molar-refractivity contribution in [3.05, 3.63) is 141 Å². The van der Waals surface area contributed by atoms with E-state index in [2.05, 4.69) is 5.32 Å². The molecule has 4 aromatic rings. The van der Waals surface area contributed by atoms with Gasteiger partial charge in [-0.15, -0.1) is 0 Å². The fourth-order valence-electron chi connectivity index (χ4n) is 4.47. The van der Waals surface area contributed by atoms with Crippen molar-refractivity contribution in [3.8, 4) is 0 Å². The van der Waals surface area contributed by atoms with Gasteiger partial charge in [0.05, 0.1) is 12.8 Å². The number of rotatable bonds is 12. The molecule has 0 bridgehead atoms. The quantitative estimate of drug-likeness (QED) is 0.215. The number of benzene rings is 4. The zero-order valence-corrected chi connectivity index (χ0v) is 25.3. The number of amides is 2. The molecule has 0 saturated heterocycles. The highest BCUT2D eigenvalue weighted by atomic mass is 35.5. The van der Waals surface area contributed by atoms with Gasteiger partial charge in [0, 0.05) is 29.7 Å². The summed E-state index contributed by atoms with van der Waals surface area (Å²) in [5, 5.41) is 3.79. The van der Waals surface area contributed by atoms with Gasteiger partial charge < -0.3 is 10.2 Å². The minimum atomic E-state index is -3.77. The Hall–Kier alpha value is -3.69. The van der Waals surface area contributed by atoms with Crippen LogP contribution in [0.2, 0.25) is 10.0 Å². The SMILES string of the molecule is CS(=O)(=O)N(CC(=O)N(Cc1ccccc1)[C@H](C(=O)NCc1ccc(Cl)cc1Cl)c1ccccc1)Cc1ccccc1. The molecule has 1 N–H and O–H groups in total.